The normalized spacial score (nSPS) is 13.7. The number of halogens is 3. The van der Waals surface area contributed by atoms with Gasteiger partial charge >= 0.3 is 6.18 Å². The molecule has 0 aliphatic carbocycles. The molecule has 0 aliphatic heterocycles. The molecular formula is C11H14F3NO2. The maximum atomic E-state index is 12.6. The van der Waals surface area contributed by atoms with Crippen molar-refractivity contribution in [2.24, 2.45) is 0 Å². The van der Waals surface area contributed by atoms with Crippen LogP contribution in [0.3, 0.4) is 0 Å². The molecule has 17 heavy (non-hydrogen) atoms. The zero-order valence-electron chi connectivity index (χ0n) is 9.37. The van der Waals surface area contributed by atoms with Crippen molar-refractivity contribution in [3.05, 3.63) is 29.6 Å². The molecule has 1 aromatic heterocycles. The fourth-order valence-electron chi connectivity index (χ4n) is 1.43. The fourth-order valence-corrected chi connectivity index (χ4v) is 1.43. The molecule has 1 N–H and O–H groups in total. The highest BCUT2D eigenvalue weighted by atomic mass is 19.4. The van der Waals surface area contributed by atoms with Gasteiger partial charge in [0.1, 0.15) is 0 Å². The quantitative estimate of drug-likeness (QED) is 0.815. The summed E-state index contributed by atoms with van der Waals surface area (Å²) in [6.07, 6.45) is -3.49. The topological polar surface area (TPSA) is 42.4 Å². The number of aliphatic hydroxyl groups is 1. The number of alkyl halides is 3. The van der Waals surface area contributed by atoms with Crippen molar-refractivity contribution in [1.82, 2.24) is 4.98 Å². The summed E-state index contributed by atoms with van der Waals surface area (Å²) in [6.45, 7) is 2.45. The average Bonchev–Trinajstić information content (AvgIpc) is 2.28. The lowest BCUT2D eigenvalue weighted by atomic mass is 10.0. The second-order valence-electron chi connectivity index (χ2n) is 3.46. The van der Waals surface area contributed by atoms with Gasteiger partial charge in [-0.05, 0) is 13.0 Å². The molecule has 0 saturated carbocycles. The van der Waals surface area contributed by atoms with Gasteiger partial charge in [0.2, 0.25) is 0 Å². The predicted octanol–water partition coefficient (Wildman–Crippen LogP) is 2.56. The highest BCUT2D eigenvalue weighted by Gasteiger charge is 2.34. The first kappa shape index (κ1) is 13.9. The molecule has 1 unspecified atom stereocenters. The summed E-state index contributed by atoms with van der Waals surface area (Å²) in [5.41, 5.74) is -1.06. The largest absolute Gasteiger partial charge is 0.416 e. The Morgan fingerprint density at radius 2 is 2.18 bits per heavy atom. The minimum absolute atomic E-state index is 0.114. The third kappa shape index (κ3) is 3.98. The molecule has 0 amide bonds. The minimum Gasteiger partial charge on any atom is -0.388 e. The molecular weight excluding hydrogens is 235 g/mol. The Balaban J connectivity index is 2.82. The van der Waals surface area contributed by atoms with Gasteiger partial charge < -0.3 is 9.84 Å². The van der Waals surface area contributed by atoms with Gasteiger partial charge in [-0.1, -0.05) is 0 Å². The van der Waals surface area contributed by atoms with Gasteiger partial charge in [0.05, 0.1) is 11.7 Å². The summed E-state index contributed by atoms with van der Waals surface area (Å²) in [7, 11) is 0. The molecule has 0 fully saturated rings. The molecule has 0 aliphatic rings. The predicted molar refractivity (Wildman–Crippen MR) is 55.3 cm³/mol. The van der Waals surface area contributed by atoms with Crippen LogP contribution in [0.2, 0.25) is 0 Å². The van der Waals surface area contributed by atoms with E-state index in [2.05, 4.69) is 4.98 Å². The molecule has 0 spiro atoms. The SMILES string of the molecule is CCOCCC(O)c1cnccc1C(F)(F)F. The number of ether oxygens (including phenoxy) is 1. The average molecular weight is 249 g/mol. The van der Waals surface area contributed by atoms with Crippen LogP contribution in [0.5, 0.6) is 0 Å². The molecule has 0 aromatic carbocycles. The van der Waals surface area contributed by atoms with Gasteiger partial charge in [-0.25, -0.2) is 0 Å². The van der Waals surface area contributed by atoms with E-state index in [9.17, 15) is 18.3 Å². The van der Waals surface area contributed by atoms with Crippen molar-refractivity contribution in [2.45, 2.75) is 25.6 Å². The second kappa shape index (κ2) is 5.97. The third-order valence-electron chi connectivity index (χ3n) is 2.26. The number of nitrogens with zero attached hydrogens (tertiary/aromatic N) is 1. The van der Waals surface area contributed by atoms with Crippen LogP contribution in [-0.2, 0) is 10.9 Å². The Hall–Kier alpha value is -1.14. The Morgan fingerprint density at radius 3 is 2.76 bits per heavy atom. The zero-order chi connectivity index (χ0) is 12.9. The van der Waals surface area contributed by atoms with E-state index in [0.717, 1.165) is 18.5 Å². The Kier molecular flexibility index (Phi) is 4.89. The van der Waals surface area contributed by atoms with E-state index >= 15 is 0 Å². The van der Waals surface area contributed by atoms with Gasteiger partial charge in [0, 0.05) is 37.6 Å². The Bertz CT molecular complexity index is 355. The molecule has 1 atom stereocenters. The summed E-state index contributed by atoms with van der Waals surface area (Å²) in [6, 6.07) is 0.860. The minimum atomic E-state index is -4.48. The van der Waals surface area contributed by atoms with Crippen LogP contribution in [0.1, 0.15) is 30.6 Å². The molecule has 1 rings (SSSR count). The van der Waals surface area contributed by atoms with Gasteiger partial charge in [0.25, 0.3) is 0 Å². The van der Waals surface area contributed by atoms with Gasteiger partial charge in [-0.2, -0.15) is 13.2 Å². The standard InChI is InChI=1S/C11H14F3NO2/c1-2-17-6-4-10(16)8-7-15-5-3-9(8)11(12,13)14/h3,5,7,10,16H,2,4,6H2,1H3. The van der Waals surface area contributed by atoms with Crippen molar-refractivity contribution >= 4 is 0 Å². The van der Waals surface area contributed by atoms with Crippen LogP contribution in [0.15, 0.2) is 18.5 Å². The van der Waals surface area contributed by atoms with E-state index in [-0.39, 0.29) is 18.6 Å². The number of pyridine rings is 1. The van der Waals surface area contributed by atoms with E-state index in [1.807, 2.05) is 0 Å². The van der Waals surface area contributed by atoms with E-state index in [4.69, 9.17) is 4.74 Å². The van der Waals surface area contributed by atoms with Gasteiger partial charge in [-0.3, -0.25) is 4.98 Å². The summed E-state index contributed by atoms with van der Waals surface area (Å²) >= 11 is 0. The van der Waals surface area contributed by atoms with Crippen LogP contribution in [0.25, 0.3) is 0 Å². The number of hydrogen-bond donors (Lipinski definition) is 1. The van der Waals surface area contributed by atoms with E-state index in [1.165, 1.54) is 0 Å². The summed E-state index contributed by atoms with van der Waals surface area (Å²) in [5, 5.41) is 9.67. The lowest BCUT2D eigenvalue weighted by molar-refractivity contribution is -0.139. The fraction of sp³-hybridized carbons (Fsp3) is 0.545. The lowest BCUT2D eigenvalue weighted by Gasteiger charge is -2.16. The van der Waals surface area contributed by atoms with Crippen LogP contribution in [-0.4, -0.2) is 23.3 Å². The summed E-state index contributed by atoms with van der Waals surface area (Å²) < 4.78 is 42.9. The first-order valence-corrected chi connectivity index (χ1v) is 5.23. The summed E-state index contributed by atoms with van der Waals surface area (Å²) in [4.78, 5) is 3.61. The molecule has 3 nitrogen and oxygen atoms in total. The van der Waals surface area contributed by atoms with Crippen LogP contribution in [0, 0.1) is 0 Å². The van der Waals surface area contributed by atoms with Gasteiger partial charge in [0.15, 0.2) is 0 Å². The Morgan fingerprint density at radius 1 is 1.47 bits per heavy atom. The molecule has 0 radical (unpaired) electrons. The number of hydrogen-bond acceptors (Lipinski definition) is 3. The van der Waals surface area contributed by atoms with Crippen molar-refractivity contribution in [3.8, 4) is 0 Å². The maximum Gasteiger partial charge on any atom is 0.416 e. The van der Waals surface area contributed by atoms with Crippen molar-refractivity contribution in [2.75, 3.05) is 13.2 Å². The number of aromatic nitrogens is 1. The smallest absolute Gasteiger partial charge is 0.388 e. The molecule has 1 aromatic rings. The second-order valence-corrected chi connectivity index (χ2v) is 3.46. The first-order chi connectivity index (χ1) is 7.96. The Labute approximate surface area is 97.2 Å². The molecule has 6 heteroatoms. The monoisotopic (exact) mass is 249 g/mol. The summed E-state index contributed by atoms with van der Waals surface area (Å²) in [5.74, 6) is 0. The van der Waals surface area contributed by atoms with Crippen molar-refractivity contribution < 1.29 is 23.0 Å². The third-order valence-corrected chi connectivity index (χ3v) is 2.26. The van der Waals surface area contributed by atoms with E-state index < -0.39 is 17.8 Å². The highest BCUT2D eigenvalue weighted by Crippen LogP contribution is 2.34. The van der Waals surface area contributed by atoms with Gasteiger partial charge in [-0.15, -0.1) is 0 Å². The van der Waals surface area contributed by atoms with E-state index in [1.54, 1.807) is 6.92 Å². The van der Waals surface area contributed by atoms with Crippen molar-refractivity contribution in [3.63, 3.8) is 0 Å². The van der Waals surface area contributed by atoms with Crippen LogP contribution >= 0.6 is 0 Å². The lowest BCUT2D eigenvalue weighted by Crippen LogP contribution is -2.13. The molecule has 0 bridgehead atoms. The molecule has 1 heterocycles. The number of aliphatic hydroxyl groups excluding tert-OH is 1. The molecule has 96 valence electrons. The zero-order valence-corrected chi connectivity index (χ0v) is 9.37. The first-order valence-electron chi connectivity index (χ1n) is 5.23. The van der Waals surface area contributed by atoms with Crippen LogP contribution in [0.4, 0.5) is 13.2 Å². The van der Waals surface area contributed by atoms with Crippen molar-refractivity contribution in [1.29, 1.82) is 0 Å². The number of rotatable bonds is 5. The van der Waals surface area contributed by atoms with E-state index in [0.29, 0.717) is 6.61 Å². The molecule has 0 saturated heterocycles. The maximum absolute atomic E-state index is 12.6. The van der Waals surface area contributed by atoms with Crippen LogP contribution < -0.4 is 0 Å². The highest BCUT2D eigenvalue weighted by molar-refractivity contribution is 5.28.